The van der Waals surface area contributed by atoms with Crippen LogP contribution in [0.25, 0.3) is 0 Å². The van der Waals surface area contributed by atoms with Crippen LogP contribution < -0.4 is 4.72 Å². The van der Waals surface area contributed by atoms with E-state index in [4.69, 9.17) is 0 Å². The molecule has 1 saturated heterocycles. The molecule has 1 atom stereocenters. The molecule has 1 fully saturated rings. The maximum absolute atomic E-state index is 11.5. The van der Waals surface area contributed by atoms with Crippen molar-refractivity contribution in [3.05, 3.63) is 0 Å². The molecule has 0 amide bonds. The molecule has 0 saturated carbocycles. The molecule has 1 unspecified atom stereocenters. The van der Waals surface area contributed by atoms with Crippen LogP contribution in [0.3, 0.4) is 0 Å². The van der Waals surface area contributed by atoms with Crippen LogP contribution in [0.15, 0.2) is 0 Å². The van der Waals surface area contributed by atoms with Crippen LogP contribution in [0.2, 0.25) is 0 Å². The Morgan fingerprint density at radius 3 is 2.54 bits per heavy atom. The van der Waals surface area contributed by atoms with E-state index in [2.05, 4.69) is 30.7 Å². The van der Waals surface area contributed by atoms with Crippen molar-refractivity contribution in [2.75, 3.05) is 13.1 Å². The summed E-state index contributed by atoms with van der Waals surface area (Å²) in [4.78, 5) is 0. The number of nitrogens with one attached hydrogen (secondary N) is 1. The number of hydrogen-bond acceptors (Lipinski definition) is 3. The zero-order valence-electron chi connectivity index (χ0n) is 7.83. The van der Waals surface area contributed by atoms with Gasteiger partial charge in [0.2, 0.25) is 10.0 Å². The van der Waals surface area contributed by atoms with Gasteiger partial charge < -0.3 is 0 Å². The van der Waals surface area contributed by atoms with E-state index >= 15 is 0 Å². The van der Waals surface area contributed by atoms with Gasteiger partial charge in [0.1, 0.15) is 0 Å². The van der Waals surface area contributed by atoms with E-state index in [1.807, 2.05) is 0 Å². The molecule has 13 heavy (non-hydrogen) atoms. The van der Waals surface area contributed by atoms with Crippen molar-refractivity contribution in [3.8, 4) is 0 Å². The highest BCUT2D eigenvalue weighted by atomic mass is 127. The maximum atomic E-state index is 11.5. The van der Waals surface area contributed by atoms with Crippen LogP contribution in [0, 0.1) is 0 Å². The molecule has 0 spiro atoms. The monoisotopic (exact) mass is 318 g/mol. The third-order valence-electron chi connectivity index (χ3n) is 2.09. The van der Waals surface area contributed by atoms with Gasteiger partial charge in [0.05, 0.1) is 5.25 Å². The van der Waals surface area contributed by atoms with Gasteiger partial charge in [0.25, 0.3) is 0 Å². The Labute approximate surface area is 93.6 Å². The number of nitrogens with zero attached hydrogens (tertiary/aromatic N) is 1. The van der Waals surface area contributed by atoms with Gasteiger partial charge >= 0.3 is 0 Å². The standard InChI is InChI=1S/C7H15IN2O2S/c1-6(2)13(11,12)9-7-3-4-10(8)5-7/h6-7,9H,3-5H2,1-2H3. The first-order valence-corrected chi connectivity index (χ1v) is 6.85. The minimum atomic E-state index is -3.09. The fourth-order valence-electron chi connectivity index (χ4n) is 1.18. The molecule has 1 N–H and O–H groups in total. The Bertz CT molecular complexity index is 266. The van der Waals surface area contributed by atoms with E-state index < -0.39 is 10.0 Å². The van der Waals surface area contributed by atoms with Gasteiger partial charge in [-0.3, -0.25) is 0 Å². The molecule has 4 nitrogen and oxygen atoms in total. The lowest BCUT2D eigenvalue weighted by Crippen LogP contribution is -2.39. The summed E-state index contributed by atoms with van der Waals surface area (Å²) in [5, 5.41) is -0.337. The van der Waals surface area contributed by atoms with E-state index in [0.29, 0.717) is 0 Å². The van der Waals surface area contributed by atoms with E-state index in [1.54, 1.807) is 13.8 Å². The summed E-state index contributed by atoms with van der Waals surface area (Å²) in [5.41, 5.74) is 0. The van der Waals surface area contributed by atoms with Crippen LogP contribution in [0.4, 0.5) is 0 Å². The smallest absolute Gasteiger partial charge is 0.214 e. The van der Waals surface area contributed by atoms with E-state index in [9.17, 15) is 8.42 Å². The second-order valence-corrected chi connectivity index (χ2v) is 7.20. The minimum absolute atomic E-state index is 0.101. The highest BCUT2D eigenvalue weighted by Crippen LogP contribution is 2.14. The first-order valence-electron chi connectivity index (χ1n) is 4.33. The third kappa shape index (κ3) is 3.34. The minimum Gasteiger partial charge on any atom is -0.246 e. The molecule has 0 aromatic heterocycles. The maximum Gasteiger partial charge on any atom is 0.214 e. The predicted octanol–water partition coefficient (Wildman–Crippen LogP) is 0.739. The van der Waals surface area contributed by atoms with Gasteiger partial charge in [-0.25, -0.2) is 16.3 Å². The molecule has 1 aliphatic rings. The highest BCUT2D eigenvalue weighted by Gasteiger charge is 2.26. The van der Waals surface area contributed by atoms with Crippen molar-refractivity contribution in [3.63, 3.8) is 0 Å². The van der Waals surface area contributed by atoms with Gasteiger partial charge in [-0.05, 0) is 20.3 Å². The molecule has 0 aromatic carbocycles. The van der Waals surface area contributed by atoms with E-state index in [1.165, 1.54) is 0 Å². The molecule has 1 heterocycles. The molecule has 0 bridgehead atoms. The average Bonchev–Trinajstić information content (AvgIpc) is 2.34. The van der Waals surface area contributed by atoms with Crippen molar-refractivity contribution in [1.29, 1.82) is 0 Å². The lowest BCUT2D eigenvalue weighted by Gasteiger charge is -2.14. The van der Waals surface area contributed by atoms with Crippen molar-refractivity contribution in [2.24, 2.45) is 0 Å². The number of halogens is 1. The van der Waals surface area contributed by atoms with Gasteiger partial charge in [0, 0.05) is 42.0 Å². The Kier molecular flexibility index (Phi) is 3.96. The van der Waals surface area contributed by atoms with Gasteiger partial charge in [0.15, 0.2) is 0 Å². The fraction of sp³-hybridized carbons (Fsp3) is 1.00. The van der Waals surface area contributed by atoms with Crippen LogP contribution in [0.5, 0.6) is 0 Å². The van der Waals surface area contributed by atoms with Crippen molar-refractivity contribution in [1.82, 2.24) is 7.84 Å². The second kappa shape index (κ2) is 4.41. The summed E-state index contributed by atoms with van der Waals surface area (Å²) in [6, 6.07) is 0.101. The summed E-state index contributed by atoms with van der Waals surface area (Å²) < 4.78 is 27.7. The van der Waals surface area contributed by atoms with E-state index in [-0.39, 0.29) is 11.3 Å². The second-order valence-electron chi connectivity index (χ2n) is 3.57. The number of sulfonamides is 1. The number of rotatable bonds is 3. The molecule has 0 aliphatic carbocycles. The normalized spacial score (nSPS) is 25.7. The Balaban J connectivity index is 2.50. The Morgan fingerprint density at radius 1 is 1.54 bits per heavy atom. The predicted molar refractivity (Wildman–Crippen MR) is 61.2 cm³/mol. The largest absolute Gasteiger partial charge is 0.246 e. The average molecular weight is 318 g/mol. The summed E-state index contributed by atoms with van der Waals surface area (Å²) >= 11 is 2.21. The lowest BCUT2D eigenvalue weighted by atomic mass is 10.3. The molecule has 0 aromatic rings. The third-order valence-corrected chi connectivity index (χ3v) is 4.87. The topological polar surface area (TPSA) is 49.4 Å². The van der Waals surface area contributed by atoms with Gasteiger partial charge in [-0.15, -0.1) is 0 Å². The molecule has 78 valence electrons. The summed E-state index contributed by atoms with van der Waals surface area (Å²) in [6.07, 6.45) is 0.912. The van der Waals surface area contributed by atoms with Gasteiger partial charge in [-0.1, -0.05) is 0 Å². The Morgan fingerprint density at radius 2 is 2.15 bits per heavy atom. The molecule has 1 rings (SSSR count). The molecule has 6 heteroatoms. The van der Waals surface area contributed by atoms with Crippen LogP contribution in [-0.2, 0) is 10.0 Å². The first kappa shape index (κ1) is 11.7. The highest BCUT2D eigenvalue weighted by molar-refractivity contribution is 14.1. The molecular weight excluding hydrogens is 303 g/mol. The van der Waals surface area contributed by atoms with Crippen LogP contribution >= 0.6 is 22.9 Å². The van der Waals surface area contributed by atoms with Crippen LogP contribution in [0.1, 0.15) is 20.3 Å². The SMILES string of the molecule is CC(C)S(=O)(=O)NC1CCN(I)C1. The molecule has 0 radical (unpaired) electrons. The molecule has 1 aliphatic heterocycles. The van der Waals surface area contributed by atoms with Crippen molar-refractivity contribution in [2.45, 2.75) is 31.6 Å². The molecular formula is C7H15IN2O2S. The van der Waals surface area contributed by atoms with Gasteiger partial charge in [-0.2, -0.15) is 0 Å². The van der Waals surface area contributed by atoms with Crippen LogP contribution in [-0.4, -0.2) is 35.9 Å². The summed E-state index contributed by atoms with van der Waals surface area (Å²) in [5.74, 6) is 0. The Hall–Kier alpha value is 0.600. The zero-order valence-corrected chi connectivity index (χ0v) is 10.8. The van der Waals surface area contributed by atoms with E-state index in [0.717, 1.165) is 19.5 Å². The van der Waals surface area contributed by atoms with Crippen molar-refractivity contribution >= 4 is 32.9 Å². The summed E-state index contributed by atoms with van der Waals surface area (Å²) in [7, 11) is -3.09. The quantitative estimate of drug-likeness (QED) is 0.617. The lowest BCUT2D eigenvalue weighted by molar-refractivity contribution is 0.543. The van der Waals surface area contributed by atoms with Crippen molar-refractivity contribution < 1.29 is 8.42 Å². The summed E-state index contributed by atoms with van der Waals surface area (Å²) in [6.45, 7) is 5.16. The first-order chi connectivity index (χ1) is 5.92. The fourth-order valence-corrected chi connectivity index (χ4v) is 2.87. The number of hydrogen-bond donors (Lipinski definition) is 1. The zero-order chi connectivity index (χ0) is 10.1.